The third-order valence-electron chi connectivity index (χ3n) is 6.30. The highest BCUT2D eigenvalue weighted by atomic mass is 35.5. The Hall–Kier alpha value is -2.76. The van der Waals surface area contributed by atoms with E-state index in [1.165, 1.54) is 0 Å². The lowest BCUT2D eigenvalue weighted by atomic mass is 10.1. The van der Waals surface area contributed by atoms with Crippen molar-refractivity contribution in [2.45, 2.75) is 12.6 Å². The van der Waals surface area contributed by atoms with Gasteiger partial charge in [0.25, 0.3) is 0 Å². The molecule has 8 nitrogen and oxygen atoms in total. The van der Waals surface area contributed by atoms with E-state index in [9.17, 15) is 13.6 Å². The first-order chi connectivity index (χ1) is 18.1. The topological polar surface area (TPSA) is 74.2 Å². The van der Waals surface area contributed by atoms with Gasteiger partial charge in [0.2, 0.25) is 6.41 Å². The highest BCUT2D eigenvalue weighted by Gasteiger charge is 2.31. The fourth-order valence-electron chi connectivity index (χ4n) is 4.45. The number of ether oxygens (including phenoxy) is 4. The number of piperazine rings is 1. The molecule has 1 aliphatic rings. The maximum atomic E-state index is 14.1. The van der Waals surface area contributed by atoms with Gasteiger partial charge < -0.3 is 33.7 Å². The molecule has 208 valence electrons. The number of benzene rings is 2. The van der Waals surface area contributed by atoms with Crippen LogP contribution >= 0.6 is 12.4 Å². The molecule has 2 aromatic carbocycles. The fraction of sp³-hybridized carbons (Fsp3) is 0.444. The average Bonchev–Trinajstić information content (AvgIpc) is 3.18. The van der Waals surface area contributed by atoms with Crippen LogP contribution in [0.2, 0.25) is 0 Å². The lowest BCUT2D eigenvalue weighted by molar-refractivity contribution is -0.121. The second-order valence-electron chi connectivity index (χ2n) is 8.73. The first-order valence-corrected chi connectivity index (χ1v) is 12.4. The predicted octanol–water partition coefficient (Wildman–Crippen LogP) is 3.61. The summed E-state index contributed by atoms with van der Waals surface area (Å²) < 4.78 is 52.6. The lowest BCUT2D eigenvalue weighted by Crippen LogP contribution is -2.45. The first-order valence-electron chi connectivity index (χ1n) is 12.4. The summed E-state index contributed by atoms with van der Waals surface area (Å²) in [6.45, 7) is 4.51. The summed E-state index contributed by atoms with van der Waals surface area (Å²) >= 11 is 0. The Morgan fingerprint density at radius 1 is 0.974 bits per heavy atom. The van der Waals surface area contributed by atoms with Crippen LogP contribution in [0.3, 0.4) is 0 Å². The Morgan fingerprint density at radius 2 is 1.63 bits per heavy atom. The van der Waals surface area contributed by atoms with E-state index in [-0.39, 0.29) is 31.7 Å². The number of aryl methyl sites for hydroxylation is 1. The molecule has 1 unspecified atom stereocenters. The first kappa shape index (κ1) is 29.8. The van der Waals surface area contributed by atoms with E-state index in [4.69, 9.17) is 18.9 Å². The van der Waals surface area contributed by atoms with Crippen molar-refractivity contribution < 1.29 is 32.5 Å². The second kappa shape index (κ2) is 15.0. The fourth-order valence-corrected chi connectivity index (χ4v) is 4.45. The van der Waals surface area contributed by atoms with Gasteiger partial charge >= 0.3 is 0 Å². The monoisotopic (exact) mass is 553 g/mol. The van der Waals surface area contributed by atoms with E-state index in [2.05, 4.69) is 5.32 Å². The van der Waals surface area contributed by atoms with Crippen LogP contribution in [-0.4, -0.2) is 75.2 Å². The van der Waals surface area contributed by atoms with Gasteiger partial charge in [0, 0.05) is 38.1 Å². The van der Waals surface area contributed by atoms with Gasteiger partial charge in [-0.05, 0) is 11.6 Å². The van der Waals surface area contributed by atoms with Crippen LogP contribution < -0.4 is 10.1 Å². The number of rotatable bonds is 14. The van der Waals surface area contributed by atoms with Crippen molar-refractivity contribution in [3.8, 4) is 5.75 Å². The molecule has 38 heavy (non-hydrogen) atoms. The minimum Gasteiger partial charge on any atom is -0.489 e. The number of carbonyl (C=O) groups excluding carboxylic acids is 1. The van der Waals surface area contributed by atoms with Crippen LogP contribution in [0.15, 0.2) is 42.5 Å². The van der Waals surface area contributed by atoms with E-state index in [0.29, 0.717) is 75.0 Å². The molecule has 1 aliphatic heterocycles. The largest absolute Gasteiger partial charge is 0.489 e. The van der Waals surface area contributed by atoms with Crippen molar-refractivity contribution in [2.75, 3.05) is 59.3 Å². The molecule has 0 saturated carbocycles. The van der Waals surface area contributed by atoms with Crippen LogP contribution in [0.5, 0.6) is 5.75 Å². The lowest BCUT2D eigenvalue weighted by Gasteiger charge is -2.34. The molecule has 2 heterocycles. The predicted molar refractivity (Wildman–Crippen MR) is 142 cm³/mol. The number of carbonyl (C=O) groups is 1. The molecular formula is C27H34ClF2N3O5. The molecule has 1 N–H and O–H groups in total. The minimum atomic E-state index is -0.954. The zero-order valence-electron chi connectivity index (χ0n) is 21.4. The van der Waals surface area contributed by atoms with Crippen molar-refractivity contribution in [1.29, 1.82) is 0 Å². The third kappa shape index (κ3) is 7.42. The number of hydrogen-bond acceptors (Lipinski definition) is 6. The molecule has 1 saturated heterocycles. The average molecular weight is 554 g/mol. The molecule has 3 aromatic rings. The molecule has 0 aliphatic carbocycles. The quantitative estimate of drug-likeness (QED) is 0.243. The van der Waals surface area contributed by atoms with Gasteiger partial charge in [0.15, 0.2) is 11.6 Å². The van der Waals surface area contributed by atoms with Gasteiger partial charge in [0.05, 0.1) is 56.9 Å². The van der Waals surface area contributed by atoms with E-state index < -0.39 is 11.6 Å². The Labute approximate surface area is 227 Å². The number of nitrogens with zero attached hydrogens (tertiary/aromatic N) is 2. The van der Waals surface area contributed by atoms with Gasteiger partial charge in [-0.2, -0.15) is 0 Å². The van der Waals surface area contributed by atoms with Crippen molar-refractivity contribution in [1.82, 2.24) is 14.8 Å². The van der Waals surface area contributed by atoms with Gasteiger partial charge in [-0.3, -0.25) is 4.79 Å². The van der Waals surface area contributed by atoms with Crippen molar-refractivity contribution in [3.63, 3.8) is 0 Å². The molecule has 4 rings (SSSR count). The van der Waals surface area contributed by atoms with Gasteiger partial charge in [-0.1, -0.05) is 30.3 Å². The molecule has 11 heteroatoms. The van der Waals surface area contributed by atoms with Crippen molar-refractivity contribution in [2.24, 2.45) is 7.05 Å². The summed E-state index contributed by atoms with van der Waals surface area (Å²) in [5.74, 6) is -1.47. The molecule has 1 amide bonds. The summed E-state index contributed by atoms with van der Waals surface area (Å²) in [7, 11) is 1.76. The zero-order valence-corrected chi connectivity index (χ0v) is 22.2. The Morgan fingerprint density at radius 3 is 2.34 bits per heavy atom. The molecule has 1 aromatic heterocycles. The smallest absolute Gasteiger partial charge is 0.210 e. The van der Waals surface area contributed by atoms with Crippen molar-refractivity contribution in [3.05, 3.63) is 65.4 Å². The van der Waals surface area contributed by atoms with E-state index in [1.807, 2.05) is 30.3 Å². The molecule has 1 atom stereocenters. The van der Waals surface area contributed by atoms with Crippen LogP contribution in [0.1, 0.15) is 17.3 Å². The zero-order chi connectivity index (χ0) is 26.0. The third-order valence-corrected chi connectivity index (χ3v) is 6.30. The van der Waals surface area contributed by atoms with E-state index >= 15 is 0 Å². The standard InChI is InChI=1S/C27H33F2N3O5.ClH/c1-31-24-16-23(29)22(28)15-21(24)27(26(31)25-17-30-7-8-32(25)19-33)37-14-13-35-10-9-34-11-12-36-18-20-5-3-2-4-6-20;/h2-6,15-16,19,25,30H,7-14,17-18H2,1H3;1H. The molecule has 0 spiro atoms. The van der Waals surface area contributed by atoms with Gasteiger partial charge in [-0.25, -0.2) is 8.78 Å². The number of hydrogen-bond donors (Lipinski definition) is 1. The SMILES string of the molecule is Cl.Cn1c(C2CNCCN2C=O)c(OCCOCCOCCOCc2ccccc2)c2cc(F)c(F)cc21. The maximum absolute atomic E-state index is 14.1. The number of fused-ring (bicyclic) bond motifs is 1. The summed E-state index contributed by atoms with van der Waals surface area (Å²) in [5.41, 5.74) is 2.29. The van der Waals surface area contributed by atoms with E-state index in [0.717, 1.165) is 24.1 Å². The van der Waals surface area contributed by atoms with Crippen LogP contribution in [0.4, 0.5) is 8.78 Å². The normalized spacial score (nSPS) is 15.4. The molecule has 1 fully saturated rings. The number of halogens is 3. The molecule has 0 radical (unpaired) electrons. The highest BCUT2D eigenvalue weighted by molar-refractivity contribution is 5.89. The molecular weight excluding hydrogens is 520 g/mol. The summed E-state index contributed by atoms with van der Waals surface area (Å²) in [4.78, 5) is 13.4. The van der Waals surface area contributed by atoms with Crippen LogP contribution in [0, 0.1) is 11.6 Å². The Balaban J connectivity index is 0.00000400. The number of aromatic nitrogens is 1. The summed E-state index contributed by atoms with van der Waals surface area (Å²) in [6, 6.07) is 11.9. The highest BCUT2D eigenvalue weighted by Crippen LogP contribution is 2.39. The Kier molecular flexibility index (Phi) is 11.8. The number of amides is 1. The summed E-state index contributed by atoms with van der Waals surface area (Å²) in [5, 5.41) is 3.72. The molecule has 0 bridgehead atoms. The van der Waals surface area contributed by atoms with Crippen LogP contribution in [-0.2, 0) is 32.7 Å². The number of nitrogens with one attached hydrogen (secondary N) is 1. The van der Waals surface area contributed by atoms with Crippen LogP contribution in [0.25, 0.3) is 10.9 Å². The second-order valence-corrected chi connectivity index (χ2v) is 8.73. The van der Waals surface area contributed by atoms with Crippen molar-refractivity contribution >= 4 is 29.7 Å². The minimum absolute atomic E-state index is 0. The van der Waals surface area contributed by atoms with Gasteiger partial charge in [-0.15, -0.1) is 12.4 Å². The maximum Gasteiger partial charge on any atom is 0.210 e. The Bertz CT molecular complexity index is 1160. The summed E-state index contributed by atoms with van der Waals surface area (Å²) in [6.07, 6.45) is 0.796. The van der Waals surface area contributed by atoms with E-state index in [1.54, 1.807) is 16.5 Å². The van der Waals surface area contributed by atoms with Gasteiger partial charge in [0.1, 0.15) is 12.4 Å².